The minimum atomic E-state index is -3.71. The third-order valence-electron chi connectivity index (χ3n) is 4.70. The Morgan fingerprint density at radius 3 is 2.42 bits per heavy atom. The molecule has 0 spiro atoms. The first-order valence-corrected chi connectivity index (χ1v) is 10.2. The summed E-state index contributed by atoms with van der Waals surface area (Å²) in [4.78, 5) is 12.8. The summed E-state index contributed by atoms with van der Waals surface area (Å²) in [5.41, 5.74) is 8.05. The number of hydrogen-bond donors (Lipinski definition) is 2. The average Bonchev–Trinajstić information content (AvgIpc) is 3.01. The zero-order valence-electron chi connectivity index (χ0n) is 15.9. The van der Waals surface area contributed by atoms with Gasteiger partial charge in [-0.1, -0.05) is 24.6 Å². The quantitative estimate of drug-likeness (QED) is 0.758. The van der Waals surface area contributed by atoms with Crippen LogP contribution in [-0.2, 0) is 14.8 Å². The first-order chi connectivity index (χ1) is 11.7. The largest absolute Gasteiger partial charge is 0.354 e. The number of benzene rings is 1. The van der Waals surface area contributed by atoms with Crippen molar-refractivity contribution in [3.8, 4) is 0 Å². The van der Waals surface area contributed by atoms with Gasteiger partial charge in [-0.2, -0.15) is 4.31 Å². The molecule has 26 heavy (non-hydrogen) atoms. The van der Waals surface area contributed by atoms with Gasteiger partial charge in [0.05, 0.1) is 4.90 Å². The van der Waals surface area contributed by atoms with Crippen LogP contribution in [0.15, 0.2) is 17.0 Å². The van der Waals surface area contributed by atoms with Crippen molar-refractivity contribution < 1.29 is 13.2 Å². The van der Waals surface area contributed by atoms with Gasteiger partial charge in [-0.15, -0.1) is 12.4 Å². The smallest absolute Gasteiger partial charge is 0.244 e. The Kier molecular flexibility index (Phi) is 8.07. The van der Waals surface area contributed by atoms with Gasteiger partial charge in [0.25, 0.3) is 0 Å². The molecule has 0 aromatic heterocycles. The number of carbonyl (C=O) groups is 1. The summed E-state index contributed by atoms with van der Waals surface area (Å²) in [5.74, 6) is -0.0687. The number of aryl methyl sites for hydroxylation is 3. The summed E-state index contributed by atoms with van der Waals surface area (Å²) in [6.45, 7) is 8.82. The predicted octanol–water partition coefficient (Wildman–Crippen LogP) is 1.90. The van der Waals surface area contributed by atoms with E-state index in [1.807, 2.05) is 26.0 Å². The number of carbonyl (C=O) groups excluding carboxylic acids is 1. The van der Waals surface area contributed by atoms with E-state index in [2.05, 4.69) is 5.32 Å². The van der Waals surface area contributed by atoms with Gasteiger partial charge >= 0.3 is 0 Å². The molecule has 8 heteroatoms. The second-order valence-corrected chi connectivity index (χ2v) is 8.92. The summed E-state index contributed by atoms with van der Waals surface area (Å²) in [5, 5.41) is 2.84. The molecule has 0 aliphatic carbocycles. The van der Waals surface area contributed by atoms with Crippen LogP contribution in [0, 0.1) is 26.7 Å². The molecular weight excluding hydrogens is 374 g/mol. The number of rotatable bonds is 6. The third kappa shape index (κ3) is 4.76. The molecule has 1 heterocycles. The minimum Gasteiger partial charge on any atom is -0.354 e. The van der Waals surface area contributed by atoms with Crippen molar-refractivity contribution in [3.05, 3.63) is 28.8 Å². The van der Waals surface area contributed by atoms with Crippen LogP contribution >= 0.6 is 12.4 Å². The van der Waals surface area contributed by atoms with E-state index in [-0.39, 0.29) is 24.2 Å². The van der Waals surface area contributed by atoms with Gasteiger partial charge in [0.2, 0.25) is 15.9 Å². The number of nitrogens with two attached hydrogens (primary N) is 1. The van der Waals surface area contributed by atoms with Crippen molar-refractivity contribution >= 4 is 28.3 Å². The fourth-order valence-corrected chi connectivity index (χ4v) is 5.53. The van der Waals surface area contributed by atoms with Crippen LogP contribution in [0.2, 0.25) is 0 Å². The number of nitrogens with one attached hydrogen (secondary N) is 1. The molecule has 3 N–H and O–H groups in total. The fraction of sp³-hybridized carbons (Fsp3) is 0.611. The maximum absolute atomic E-state index is 13.2. The van der Waals surface area contributed by atoms with Crippen molar-refractivity contribution in [1.82, 2.24) is 9.62 Å². The van der Waals surface area contributed by atoms with Crippen molar-refractivity contribution in [3.63, 3.8) is 0 Å². The van der Waals surface area contributed by atoms with E-state index >= 15 is 0 Å². The second-order valence-electron chi connectivity index (χ2n) is 7.09. The fourth-order valence-electron chi connectivity index (χ4n) is 3.46. The Bertz CT molecular complexity index is 729. The van der Waals surface area contributed by atoms with E-state index in [1.165, 1.54) is 4.31 Å². The zero-order valence-corrected chi connectivity index (χ0v) is 17.5. The van der Waals surface area contributed by atoms with Gasteiger partial charge in [0, 0.05) is 13.1 Å². The highest BCUT2D eigenvalue weighted by molar-refractivity contribution is 7.89. The monoisotopic (exact) mass is 403 g/mol. The molecule has 1 fully saturated rings. The standard InChI is InChI=1S/C18H29N3O3S.ClH/c1-12-8-14(3)17(15(4)9-12)25(23,24)21-7-5-6-16(21)18(22)20-11-13(2)10-19;/h8-9,13,16H,5-7,10-11,19H2,1-4H3,(H,20,22);1H. The van der Waals surface area contributed by atoms with Crippen LogP contribution < -0.4 is 11.1 Å². The molecule has 1 aliphatic rings. The molecule has 2 rings (SSSR count). The van der Waals surface area contributed by atoms with Crippen LogP contribution in [0.1, 0.15) is 36.5 Å². The number of amides is 1. The SMILES string of the molecule is Cc1cc(C)c(S(=O)(=O)N2CCCC2C(=O)NCC(C)CN)c(C)c1.Cl. The van der Waals surface area contributed by atoms with Crippen LogP contribution in [0.4, 0.5) is 0 Å². The van der Waals surface area contributed by atoms with Crippen LogP contribution in [0.25, 0.3) is 0 Å². The molecule has 1 aliphatic heterocycles. The van der Waals surface area contributed by atoms with E-state index in [4.69, 9.17) is 5.73 Å². The van der Waals surface area contributed by atoms with Gasteiger partial charge in [-0.25, -0.2) is 8.42 Å². The van der Waals surface area contributed by atoms with E-state index in [9.17, 15) is 13.2 Å². The van der Waals surface area contributed by atoms with Crippen molar-refractivity contribution in [1.29, 1.82) is 0 Å². The minimum absolute atomic E-state index is 0. The highest BCUT2D eigenvalue weighted by Crippen LogP contribution is 2.30. The molecule has 148 valence electrons. The first-order valence-electron chi connectivity index (χ1n) is 8.76. The molecule has 1 amide bonds. The first kappa shape index (κ1) is 22.9. The van der Waals surface area contributed by atoms with E-state index in [0.29, 0.717) is 37.4 Å². The molecule has 0 radical (unpaired) electrons. The summed E-state index contributed by atoms with van der Waals surface area (Å²) >= 11 is 0. The van der Waals surface area contributed by atoms with Crippen LogP contribution in [0.5, 0.6) is 0 Å². The number of sulfonamides is 1. The zero-order chi connectivity index (χ0) is 18.8. The summed E-state index contributed by atoms with van der Waals surface area (Å²) in [7, 11) is -3.71. The molecule has 1 aromatic rings. The maximum Gasteiger partial charge on any atom is 0.244 e. The highest BCUT2D eigenvalue weighted by atomic mass is 35.5. The molecule has 1 saturated heterocycles. The average molecular weight is 404 g/mol. The maximum atomic E-state index is 13.2. The highest BCUT2D eigenvalue weighted by Gasteiger charge is 2.40. The molecule has 6 nitrogen and oxygen atoms in total. The van der Waals surface area contributed by atoms with E-state index in [1.54, 1.807) is 13.8 Å². The number of halogens is 1. The predicted molar refractivity (Wildman–Crippen MR) is 106 cm³/mol. The van der Waals surface area contributed by atoms with Gasteiger partial charge in [-0.05, 0) is 57.2 Å². The van der Waals surface area contributed by atoms with Crippen LogP contribution in [0.3, 0.4) is 0 Å². The lowest BCUT2D eigenvalue weighted by Gasteiger charge is -2.25. The third-order valence-corrected chi connectivity index (χ3v) is 6.92. The van der Waals surface area contributed by atoms with Gasteiger partial charge < -0.3 is 11.1 Å². The second kappa shape index (κ2) is 9.17. The lowest BCUT2D eigenvalue weighted by atomic mass is 10.1. The van der Waals surface area contributed by atoms with Gasteiger partial charge in [0.15, 0.2) is 0 Å². The van der Waals surface area contributed by atoms with E-state index in [0.717, 1.165) is 16.7 Å². The van der Waals surface area contributed by atoms with Crippen LogP contribution in [-0.4, -0.2) is 44.3 Å². The summed E-state index contributed by atoms with van der Waals surface area (Å²) < 4.78 is 27.8. The molecule has 1 aromatic carbocycles. The van der Waals surface area contributed by atoms with E-state index < -0.39 is 16.1 Å². The van der Waals surface area contributed by atoms with Gasteiger partial charge in [-0.3, -0.25) is 4.79 Å². The van der Waals surface area contributed by atoms with Crippen molar-refractivity contribution in [2.24, 2.45) is 11.7 Å². The van der Waals surface area contributed by atoms with Crippen molar-refractivity contribution in [2.75, 3.05) is 19.6 Å². The lowest BCUT2D eigenvalue weighted by molar-refractivity contribution is -0.124. The van der Waals surface area contributed by atoms with Gasteiger partial charge in [0.1, 0.15) is 6.04 Å². The molecule has 0 bridgehead atoms. The summed E-state index contributed by atoms with van der Waals surface area (Å²) in [6, 6.07) is 3.09. The number of nitrogens with zero attached hydrogens (tertiary/aromatic N) is 1. The topological polar surface area (TPSA) is 92.5 Å². The Hall–Kier alpha value is -1.15. The molecule has 2 unspecified atom stereocenters. The lowest BCUT2D eigenvalue weighted by Crippen LogP contribution is -2.47. The molecule has 0 saturated carbocycles. The number of hydrogen-bond acceptors (Lipinski definition) is 4. The van der Waals surface area contributed by atoms with Crippen molar-refractivity contribution in [2.45, 2.75) is 51.5 Å². The molecule has 2 atom stereocenters. The Balaban J connectivity index is 0.00000338. The normalized spacial score (nSPS) is 19.0. The Morgan fingerprint density at radius 2 is 1.88 bits per heavy atom. The Morgan fingerprint density at radius 1 is 1.31 bits per heavy atom. The molecular formula is C18H30ClN3O3S. The Labute approximate surface area is 163 Å². The summed E-state index contributed by atoms with van der Waals surface area (Å²) in [6.07, 6.45) is 1.24.